The van der Waals surface area contributed by atoms with Gasteiger partial charge in [-0.2, -0.15) is 5.10 Å². The maximum atomic E-state index is 4.37. The summed E-state index contributed by atoms with van der Waals surface area (Å²) in [6.45, 7) is 20.8. The molecule has 0 saturated carbocycles. The standard InChI is InChI=1S/C12H15N.2C11H13N.C10H12N2.CH4/c1-12(2,3)10-4-5-11-9(8-10)6-7-13-11;1-8(2)9-3-4-11-10(7-9)5-6-12-11;1-8(2)10-4-3-9-5-6-12-11(9)7-10;1-7(2)8-3-4-9-6-11-12-10(9)5-8;/h4-6,8H,7H2,1-3H3;2*3-8,12H,1-2H3;3-7H,1-2H3,(H,11,12);1H4. The molecule has 0 radical (unpaired) electrons. The zero-order chi connectivity index (χ0) is 35.1. The van der Waals surface area contributed by atoms with E-state index < -0.39 is 0 Å². The summed E-state index contributed by atoms with van der Waals surface area (Å²) >= 11 is 0. The first-order chi connectivity index (χ1) is 23.4. The molecule has 0 spiro atoms. The van der Waals surface area contributed by atoms with Crippen LogP contribution in [-0.4, -0.2) is 26.7 Å². The Morgan fingerprint density at radius 3 is 1.82 bits per heavy atom. The van der Waals surface area contributed by atoms with Crippen molar-refractivity contribution in [2.24, 2.45) is 4.99 Å². The van der Waals surface area contributed by atoms with E-state index in [1.54, 1.807) is 0 Å². The van der Waals surface area contributed by atoms with Gasteiger partial charge >= 0.3 is 0 Å². The summed E-state index contributed by atoms with van der Waals surface area (Å²) in [5.74, 6) is 1.81. The minimum Gasteiger partial charge on any atom is -0.361 e. The first kappa shape index (κ1) is 37.9. The fourth-order valence-corrected chi connectivity index (χ4v) is 5.74. The van der Waals surface area contributed by atoms with Crippen molar-refractivity contribution in [3.63, 3.8) is 0 Å². The van der Waals surface area contributed by atoms with Gasteiger partial charge in [0.15, 0.2) is 0 Å². The Balaban J connectivity index is 0.000000149. The van der Waals surface area contributed by atoms with Gasteiger partial charge in [0.25, 0.3) is 0 Å². The van der Waals surface area contributed by atoms with Gasteiger partial charge < -0.3 is 9.97 Å². The zero-order valence-electron chi connectivity index (χ0n) is 30.7. The van der Waals surface area contributed by atoms with Crippen molar-refractivity contribution in [3.05, 3.63) is 136 Å². The van der Waals surface area contributed by atoms with Crippen molar-refractivity contribution >= 4 is 38.8 Å². The van der Waals surface area contributed by atoms with Crippen LogP contribution in [0.4, 0.5) is 0 Å². The van der Waals surface area contributed by atoms with Crippen LogP contribution in [0, 0.1) is 0 Å². The quantitative estimate of drug-likeness (QED) is 0.172. The number of nitrogens with zero attached hydrogens (tertiary/aromatic N) is 2. The van der Waals surface area contributed by atoms with Gasteiger partial charge in [0, 0.05) is 28.8 Å². The molecule has 0 aliphatic carbocycles. The lowest BCUT2D eigenvalue weighted by atomic mass is 9.87. The number of benzene rings is 4. The topological polar surface area (TPSA) is 72.6 Å². The van der Waals surface area contributed by atoms with Gasteiger partial charge in [-0.25, -0.2) is 0 Å². The van der Waals surface area contributed by atoms with Crippen LogP contribution in [0.5, 0.6) is 0 Å². The molecule has 5 heteroatoms. The Hall–Kier alpha value is -4.90. The molecule has 1 aliphatic rings. The van der Waals surface area contributed by atoms with Gasteiger partial charge in [0.2, 0.25) is 0 Å². The van der Waals surface area contributed by atoms with E-state index in [0.717, 1.165) is 17.4 Å². The molecule has 0 atom stereocenters. The van der Waals surface area contributed by atoms with Crippen molar-refractivity contribution in [3.8, 4) is 0 Å². The fourth-order valence-electron chi connectivity index (χ4n) is 5.74. The number of hydrogen-bond donors (Lipinski definition) is 3. The fraction of sp³-hybridized carbons (Fsp3) is 0.333. The minimum absolute atomic E-state index is 0. The third-order valence-electron chi connectivity index (χ3n) is 9.09. The lowest BCUT2D eigenvalue weighted by molar-refractivity contribution is 0.589. The predicted molar refractivity (Wildman–Crippen MR) is 217 cm³/mol. The Morgan fingerprint density at radius 2 is 1.16 bits per heavy atom. The normalized spacial score (nSPS) is 11.9. The van der Waals surface area contributed by atoms with Gasteiger partial charge in [0.1, 0.15) is 0 Å². The van der Waals surface area contributed by atoms with Crippen molar-refractivity contribution in [2.45, 2.75) is 92.9 Å². The average molecular weight is 668 g/mol. The number of H-pyrrole nitrogens is 3. The second-order valence-electron chi connectivity index (χ2n) is 14.9. The second kappa shape index (κ2) is 16.7. The molecular weight excluding hydrogens is 611 g/mol. The van der Waals surface area contributed by atoms with Crippen molar-refractivity contribution in [1.29, 1.82) is 0 Å². The summed E-state index contributed by atoms with van der Waals surface area (Å²) in [5.41, 5.74) is 9.37. The van der Waals surface area contributed by atoms with Crippen LogP contribution < -0.4 is 10.6 Å². The first-order valence-electron chi connectivity index (χ1n) is 17.6. The maximum absolute atomic E-state index is 4.37. The number of aromatic nitrogens is 4. The van der Waals surface area contributed by atoms with Gasteiger partial charge in [-0.15, -0.1) is 0 Å². The van der Waals surface area contributed by atoms with Crippen LogP contribution in [0.1, 0.15) is 110 Å². The summed E-state index contributed by atoms with van der Waals surface area (Å²) in [6.07, 6.45) is 7.99. The molecular formula is C45H57N5. The van der Waals surface area contributed by atoms with Gasteiger partial charge in [-0.05, 0) is 110 Å². The SMILES string of the molecule is C.CC(C)(C)c1ccc2c(c1)=CCN=2.CC(C)c1ccc2[nH]ccc2c1.CC(C)c1ccc2cc[nH]c2c1.CC(C)c1ccc2cn[nH]c2c1. The highest BCUT2D eigenvalue weighted by Crippen LogP contribution is 2.22. The van der Waals surface area contributed by atoms with E-state index in [-0.39, 0.29) is 12.8 Å². The molecule has 5 nitrogen and oxygen atoms in total. The first-order valence-corrected chi connectivity index (χ1v) is 17.6. The van der Waals surface area contributed by atoms with Crippen LogP contribution in [0.2, 0.25) is 0 Å². The molecule has 0 saturated heterocycles. The largest absolute Gasteiger partial charge is 0.361 e. The molecule has 4 aromatic carbocycles. The monoisotopic (exact) mass is 667 g/mol. The molecule has 3 aromatic heterocycles. The van der Waals surface area contributed by atoms with E-state index in [4.69, 9.17) is 0 Å². The highest BCUT2D eigenvalue weighted by atomic mass is 15.1. The van der Waals surface area contributed by atoms with Crippen LogP contribution in [0.25, 0.3) is 38.8 Å². The van der Waals surface area contributed by atoms with Crippen LogP contribution >= 0.6 is 0 Å². The number of rotatable bonds is 3. The molecule has 0 fully saturated rings. The van der Waals surface area contributed by atoms with E-state index in [2.05, 4.69) is 178 Å². The van der Waals surface area contributed by atoms with E-state index in [1.165, 1.54) is 54.7 Å². The molecule has 0 unspecified atom stereocenters. The average Bonchev–Trinajstić information content (AvgIpc) is 3.90. The van der Waals surface area contributed by atoms with Crippen molar-refractivity contribution in [1.82, 2.24) is 20.2 Å². The zero-order valence-corrected chi connectivity index (χ0v) is 30.7. The van der Waals surface area contributed by atoms with Crippen LogP contribution in [-0.2, 0) is 5.41 Å². The molecule has 8 rings (SSSR count). The predicted octanol–water partition coefficient (Wildman–Crippen LogP) is 11.3. The summed E-state index contributed by atoms with van der Waals surface area (Å²) in [4.78, 5) is 10.8. The molecule has 4 heterocycles. The molecule has 262 valence electrons. The Morgan fingerprint density at radius 1 is 0.580 bits per heavy atom. The molecule has 1 aliphatic heterocycles. The number of fused-ring (bicyclic) bond motifs is 4. The number of nitrogens with one attached hydrogen (secondary N) is 3. The molecule has 7 aromatic rings. The molecule has 3 N–H and O–H groups in total. The van der Waals surface area contributed by atoms with Gasteiger partial charge in [-0.1, -0.05) is 112 Å². The third kappa shape index (κ3) is 9.62. The number of aromatic amines is 3. The van der Waals surface area contributed by atoms with E-state index >= 15 is 0 Å². The van der Waals surface area contributed by atoms with E-state index in [9.17, 15) is 0 Å². The Kier molecular flexibility index (Phi) is 12.6. The van der Waals surface area contributed by atoms with E-state index in [1.807, 2.05) is 18.6 Å². The van der Waals surface area contributed by atoms with Gasteiger partial charge in [0.05, 0.1) is 23.6 Å². The highest BCUT2D eigenvalue weighted by Gasteiger charge is 2.13. The molecule has 50 heavy (non-hydrogen) atoms. The maximum Gasteiger partial charge on any atom is 0.0653 e. The molecule has 0 bridgehead atoms. The van der Waals surface area contributed by atoms with Gasteiger partial charge in [-0.3, -0.25) is 10.1 Å². The summed E-state index contributed by atoms with van der Waals surface area (Å²) < 4.78 is 0. The van der Waals surface area contributed by atoms with Crippen molar-refractivity contribution < 1.29 is 0 Å². The lowest BCUT2D eigenvalue weighted by Gasteiger charge is -2.18. The third-order valence-corrected chi connectivity index (χ3v) is 9.09. The smallest absolute Gasteiger partial charge is 0.0653 e. The number of hydrogen-bond acceptors (Lipinski definition) is 2. The Bertz CT molecular complexity index is 2050. The Labute approximate surface area is 299 Å². The van der Waals surface area contributed by atoms with Crippen LogP contribution in [0.15, 0.2) is 109 Å². The summed E-state index contributed by atoms with van der Waals surface area (Å²) in [5, 5.41) is 13.2. The molecule has 0 amide bonds. The summed E-state index contributed by atoms with van der Waals surface area (Å²) in [7, 11) is 0. The van der Waals surface area contributed by atoms with Crippen LogP contribution in [0.3, 0.4) is 0 Å². The minimum atomic E-state index is 0. The summed E-state index contributed by atoms with van der Waals surface area (Å²) in [6, 6.07) is 30.4. The highest BCUT2D eigenvalue weighted by molar-refractivity contribution is 5.81. The second-order valence-corrected chi connectivity index (χ2v) is 14.9. The van der Waals surface area contributed by atoms with Crippen molar-refractivity contribution in [2.75, 3.05) is 6.54 Å². The van der Waals surface area contributed by atoms with E-state index in [0.29, 0.717) is 17.8 Å². The lowest BCUT2D eigenvalue weighted by Crippen LogP contribution is -2.24.